The summed E-state index contributed by atoms with van der Waals surface area (Å²) in [5.41, 5.74) is -1.33. The number of esters is 1. The van der Waals surface area contributed by atoms with Gasteiger partial charge < -0.3 is 14.9 Å². The number of fused-ring (bicyclic) bond motifs is 1. The second kappa shape index (κ2) is 12.0. The van der Waals surface area contributed by atoms with Gasteiger partial charge in [-0.25, -0.2) is 18.6 Å². The fourth-order valence-corrected chi connectivity index (χ4v) is 4.89. The van der Waals surface area contributed by atoms with Crippen LogP contribution in [0.25, 0.3) is 0 Å². The Balaban J connectivity index is 1.77. The van der Waals surface area contributed by atoms with Crippen LogP contribution >= 0.6 is 0 Å². The number of unbranched alkanes of at least 4 members (excludes halogenated alkanes) is 3. The number of hydrogen-bond donors (Lipinski definition) is 2. The fraction of sp³-hybridized carbons (Fsp3) is 0.593. The Hall–Kier alpha value is -3.01. The van der Waals surface area contributed by atoms with Crippen LogP contribution in [0.1, 0.15) is 76.8 Å². The van der Waals surface area contributed by atoms with Gasteiger partial charge in [-0.15, -0.1) is 0 Å². The van der Waals surface area contributed by atoms with Crippen LogP contribution in [-0.4, -0.2) is 56.8 Å². The van der Waals surface area contributed by atoms with Crippen molar-refractivity contribution in [2.24, 2.45) is 5.92 Å². The molecule has 0 bridgehead atoms. The van der Waals surface area contributed by atoms with Crippen LogP contribution in [0, 0.1) is 17.6 Å². The monoisotopic (exact) mass is 522 g/mol. The molecule has 0 aliphatic carbocycles. The lowest BCUT2D eigenvalue weighted by Crippen LogP contribution is -2.60. The number of carboxylic acids is 1. The first-order valence-corrected chi connectivity index (χ1v) is 12.8. The molecule has 0 aromatic heterocycles. The molecule has 1 unspecified atom stereocenters. The van der Waals surface area contributed by atoms with E-state index in [9.17, 15) is 23.9 Å². The van der Waals surface area contributed by atoms with Gasteiger partial charge in [0.2, 0.25) is 0 Å². The third kappa shape index (κ3) is 6.29. The fourth-order valence-electron chi connectivity index (χ4n) is 4.89. The Bertz CT molecular complexity index is 1070. The Labute approximate surface area is 215 Å². The maximum atomic E-state index is 15.1. The molecule has 37 heavy (non-hydrogen) atoms. The first kappa shape index (κ1) is 28.6. The highest BCUT2D eigenvalue weighted by Crippen LogP contribution is 2.42. The predicted molar refractivity (Wildman–Crippen MR) is 131 cm³/mol. The van der Waals surface area contributed by atoms with Gasteiger partial charge in [-0.1, -0.05) is 38.8 Å². The molecule has 1 amide bonds. The number of aliphatic hydroxyl groups is 1. The van der Waals surface area contributed by atoms with E-state index in [0.29, 0.717) is 51.5 Å². The van der Waals surface area contributed by atoms with Gasteiger partial charge in [0.05, 0.1) is 18.7 Å². The zero-order valence-electron chi connectivity index (χ0n) is 21.7. The number of carboxylic acid groups (broad SMARTS) is 1. The van der Waals surface area contributed by atoms with Crippen molar-refractivity contribution in [1.29, 1.82) is 0 Å². The van der Waals surface area contributed by atoms with Crippen molar-refractivity contribution in [1.82, 2.24) is 10.0 Å². The predicted octanol–water partition coefficient (Wildman–Crippen LogP) is 4.67. The second-order valence-electron chi connectivity index (χ2n) is 10.4. The third-order valence-corrected chi connectivity index (χ3v) is 6.99. The first-order valence-electron chi connectivity index (χ1n) is 12.8. The van der Waals surface area contributed by atoms with Crippen molar-refractivity contribution in [2.75, 3.05) is 13.2 Å². The standard InChI is InChI=1S/C27H36F2N2O6/c1-17(2)16-37-26(36)21-24(34)27(3)13-8-14-31(27)30(25(21)35)15-19-12-11-18(22(28)23(19)29)9-6-4-5-7-10-20(32)33/h11-12,17,34H,4-10,13-16H2,1-3H3,(H,32,33). The van der Waals surface area contributed by atoms with E-state index in [4.69, 9.17) is 9.84 Å². The van der Waals surface area contributed by atoms with Crippen LogP contribution < -0.4 is 0 Å². The topological polar surface area (TPSA) is 107 Å². The number of nitrogens with zero attached hydrogens (tertiary/aromatic N) is 2. The number of ether oxygens (including phenoxy) is 1. The van der Waals surface area contributed by atoms with Gasteiger partial charge in [-0.2, -0.15) is 0 Å². The molecule has 204 valence electrons. The minimum absolute atomic E-state index is 0.0281. The molecule has 3 rings (SSSR count). The maximum Gasteiger partial charge on any atom is 0.347 e. The molecule has 1 fully saturated rings. The summed E-state index contributed by atoms with van der Waals surface area (Å²) in [6.45, 7) is 5.57. The van der Waals surface area contributed by atoms with E-state index in [-0.39, 0.29) is 42.4 Å². The SMILES string of the molecule is CC(C)COC(=O)C1=C(O)C2(C)CCCN2N(Cc2ccc(CCCCCCC(=O)O)c(F)c2F)C1=O. The van der Waals surface area contributed by atoms with Crippen molar-refractivity contribution in [3.8, 4) is 0 Å². The van der Waals surface area contributed by atoms with Crippen LogP contribution in [0.3, 0.4) is 0 Å². The van der Waals surface area contributed by atoms with Crippen LogP contribution in [0.5, 0.6) is 0 Å². The van der Waals surface area contributed by atoms with E-state index >= 15 is 4.39 Å². The van der Waals surface area contributed by atoms with E-state index in [0.717, 1.165) is 0 Å². The molecule has 2 aliphatic heterocycles. The molecular formula is C27H36F2N2O6. The molecule has 2 N–H and O–H groups in total. The average Bonchev–Trinajstić information content (AvgIpc) is 3.24. The Kier molecular flexibility index (Phi) is 9.28. The van der Waals surface area contributed by atoms with Gasteiger partial charge in [0.15, 0.2) is 17.2 Å². The summed E-state index contributed by atoms with van der Waals surface area (Å²) in [6.07, 6.45) is 4.06. The summed E-state index contributed by atoms with van der Waals surface area (Å²) in [5, 5.41) is 22.4. The quantitative estimate of drug-likeness (QED) is 0.233. The van der Waals surface area contributed by atoms with Crippen LogP contribution in [0.15, 0.2) is 23.5 Å². The van der Waals surface area contributed by atoms with Crippen LogP contribution in [-0.2, 0) is 32.1 Å². The summed E-state index contributed by atoms with van der Waals surface area (Å²) in [7, 11) is 0. The Morgan fingerprint density at radius 1 is 1.11 bits per heavy atom. The number of aryl methyl sites for hydroxylation is 1. The number of benzene rings is 1. The molecule has 0 radical (unpaired) electrons. The number of hydrazine groups is 1. The number of halogens is 2. The number of carbonyl (C=O) groups excluding carboxylic acids is 2. The molecule has 1 aromatic carbocycles. The van der Waals surface area contributed by atoms with Crippen molar-refractivity contribution < 1.29 is 38.1 Å². The molecule has 1 saturated heterocycles. The highest BCUT2D eigenvalue weighted by Gasteiger charge is 2.53. The minimum atomic E-state index is -1.06. The zero-order chi connectivity index (χ0) is 27.3. The molecular weight excluding hydrogens is 486 g/mol. The minimum Gasteiger partial charge on any atom is -0.509 e. The first-order chi connectivity index (χ1) is 17.5. The zero-order valence-corrected chi connectivity index (χ0v) is 21.7. The van der Waals surface area contributed by atoms with E-state index in [1.54, 1.807) is 11.9 Å². The molecule has 1 aromatic rings. The number of aliphatic carboxylic acids is 1. The number of carbonyl (C=O) groups is 3. The van der Waals surface area contributed by atoms with Gasteiger partial charge >= 0.3 is 11.9 Å². The number of hydrogen-bond acceptors (Lipinski definition) is 6. The van der Waals surface area contributed by atoms with Crippen molar-refractivity contribution >= 4 is 17.8 Å². The Morgan fingerprint density at radius 3 is 2.43 bits per heavy atom. The van der Waals surface area contributed by atoms with E-state index < -0.39 is 40.6 Å². The van der Waals surface area contributed by atoms with Crippen LogP contribution in [0.2, 0.25) is 0 Å². The van der Waals surface area contributed by atoms with E-state index in [1.165, 1.54) is 17.1 Å². The summed E-state index contributed by atoms with van der Waals surface area (Å²) >= 11 is 0. The summed E-state index contributed by atoms with van der Waals surface area (Å²) in [6, 6.07) is 2.93. The Morgan fingerprint density at radius 2 is 1.76 bits per heavy atom. The summed E-state index contributed by atoms with van der Waals surface area (Å²) in [5.74, 6) is -4.96. The van der Waals surface area contributed by atoms with Crippen molar-refractivity contribution in [3.63, 3.8) is 0 Å². The lowest BCUT2D eigenvalue weighted by molar-refractivity contribution is -0.164. The molecule has 1 atom stereocenters. The maximum absolute atomic E-state index is 15.1. The lowest BCUT2D eigenvalue weighted by Gasteiger charge is -2.46. The van der Waals surface area contributed by atoms with Gasteiger partial charge in [0.1, 0.15) is 5.76 Å². The van der Waals surface area contributed by atoms with Gasteiger partial charge in [-0.3, -0.25) is 14.6 Å². The van der Waals surface area contributed by atoms with Gasteiger partial charge in [0.25, 0.3) is 5.91 Å². The third-order valence-electron chi connectivity index (χ3n) is 6.99. The normalized spacial score (nSPS) is 20.1. The van der Waals surface area contributed by atoms with Crippen LogP contribution in [0.4, 0.5) is 8.78 Å². The summed E-state index contributed by atoms with van der Waals surface area (Å²) < 4.78 is 35.2. The molecule has 2 heterocycles. The second-order valence-corrected chi connectivity index (χ2v) is 10.4. The van der Waals surface area contributed by atoms with E-state index in [1.807, 2.05) is 13.8 Å². The van der Waals surface area contributed by atoms with Gasteiger partial charge in [-0.05, 0) is 50.5 Å². The molecule has 8 nitrogen and oxygen atoms in total. The lowest BCUT2D eigenvalue weighted by atomic mass is 9.91. The average molecular weight is 523 g/mol. The summed E-state index contributed by atoms with van der Waals surface area (Å²) in [4.78, 5) is 36.7. The molecule has 0 saturated carbocycles. The smallest absolute Gasteiger partial charge is 0.347 e. The number of amides is 1. The van der Waals surface area contributed by atoms with E-state index in [2.05, 4.69) is 0 Å². The molecule has 10 heteroatoms. The highest BCUT2D eigenvalue weighted by atomic mass is 19.2. The van der Waals surface area contributed by atoms with Gasteiger partial charge in [0, 0.05) is 18.5 Å². The van der Waals surface area contributed by atoms with Crippen molar-refractivity contribution in [2.45, 2.75) is 84.2 Å². The number of aliphatic hydroxyl groups excluding tert-OH is 1. The largest absolute Gasteiger partial charge is 0.509 e. The number of rotatable bonds is 12. The molecule has 2 aliphatic rings. The molecule has 0 spiro atoms. The highest BCUT2D eigenvalue weighted by molar-refractivity contribution is 6.17. The van der Waals surface area contributed by atoms with Crippen molar-refractivity contribution in [3.05, 3.63) is 46.2 Å².